The summed E-state index contributed by atoms with van der Waals surface area (Å²) in [5, 5.41) is 2.92. The normalized spacial score (nSPS) is 27.0. The summed E-state index contributed by atoms with van der Waals surface area (Å²) in [6, 6.07) is 5.87. The molecule has 2 amide bonds. The minimum atomic E-state index is -0.128. The number of likely N-dealkylation sites (tertiary alicyclic amines) is 2. The highest BCUT2D eigenvalue weighted by Crippen LogP contribution is 2.35. The molecule has 4 aliphatic rings. The summed E-state index contributed by atoms with van der Waals surface area (Å²) in [5.74, 6) is 1.47. The predicted molar refractivity (Wildman–Crippen MR) is 98.5 cm³/mol. The summed E-state index contributed by atoms with van der Waals surface area (Å²) < 4.78 is 24.1. The first-order chi connectivity index (χ1) is 13.2. The van der Waals surface area contributed by atoms with Crippen molar-refractivity contribution in [3.63, 3.8) is 0 Å². The SMILES string of the molecule is O=C(Nc1ccc2c(c1)OCO2)N1CC(N2CCCC3C=C(F)C=CC32)C1. The van der Waals surface area contributed by atoms with Crippen LogP contribution in [0.5, 0.6) is 11.5 Å². The first-order valence-electron chi connectivity index (χ1n) is 9.44. The standard InChI is InChI=1S/C20H22FN3O3/c21-14-3-5-17-13(8-14)2-1-7-24(17)16-10-23(11-16)20(25)22-15-4-6-18-19(9-15)27-12-26-18/h3-6,8-9,13,16-17H,1-2,7,10-12H2,(H,22,25). The third kappa shape index (κ3) is 3.06. The second-order valence-corrected chi connectivity index (χ2v) is 7.50. The van der Waals surface area contributed by atoms with E-state index in [1.807, 2.05) is 17.0 Å². The molecule has 2 saturated heterocycles. The number of fused-ring (bicyclic) bond motifs is 2. The van der Waals surface area contributed by atoms with E-state index in [1.54, 1.807) is 24.3 Å². The maximum atomic E-state index is 13.5. The molecule has 1 N–H and O–H groups in total. The summed E-state index contributed by atoms with van der Waals surface area (Å²) >= 11 is 0. The predicted octanol–water partition coefficient (Wildman–Crippen LogP) is 3.14. The zero-order valence-corrected chi connectivity index (χ0v) is 14.9. The van der Waals surface area contributed by atoms with Gasteiger partial charge in [-0.2, -0.15) is 0 Å². The van der Waals surface area contributed by atoms with Crippen molar-refractivity contribution in [2.45, 2.75) is 24.9 Å². The van der Waals surface area contributed by atoms with E-state index in [1.165, 1.54) is 0 Å². The van der Waals surface area contributed by atoms with Gasteiger partial charge in [-0.15, -0.1) is 0 Å². The molecule has 0 aromatic heterocycles. The van der Waals surface area contributed by atoms with Gasteiger partial charge in [0.05, 0.1) is 0 Å². The Hall–Kier alpha value is -2.54. The highest BCUT2D eigenvalue weighted by molar-refractivity contribution is 5.90. The van der Waals surface area contributed by atoms with Crippen molar-refractivity contribution in [3.8, 4) is 11.5 Å². The van der Waals surface area contributed by atoms with Crippen LogP contribution in [-0.4, -0.2) is 54.3 Å². The summed E-state index contributed by atoms with van der Waals surface area (Å²) in [6.45, 7) is 2.61. The molecule has 7 heteroatoms. The van der Waals surface area contributed by atoms with Crippen LogP contribution in [0.3, 0.4) is 0 Å². The molecule has 1 aromatic carbocycles. The molecule has 142 valence electrons. The Kier molecular flexibility index (Phi) is 4.04. The number of benzene rings is 1. The van der Waals surface area contributed by atoms with E-state index >= 15 is 0 Å². The molecule has 0 saturated carbocycles. The highest BCUT2D eigenvalue weighted by atomic mass is 19.1. The van der Waals surface area contributed by atoms with Crippen molar-refractivity contribution in [1.82, 2.24) is 9.80 Å². The first-order valence-corrected chi connectivity index (χ1v) is 9.44. The molecule has 0 spiro atoms. The lowest BCUT2D eigenvalue weighted by Crippen LogP contribution is -2.65. The number of piperidine rings is 1. The molecule has 3 aliphatic heterocycles. The summed E-state index contributed by atoms with van der Waals surface area (Å²) in [6.07, 6.45) is 7.40. The van der Waals surface area contributed by atoms with E-state index < -0.39 is 0 Å². The second kappa shape index (κ2) is 6.56. The summed E-state index contributed by atoms with van der Waals surface area (Å²) in [5.41, 5.74) is 0.696. The van der Waals surface area contributed by atoms with Gasteiger partial charge >= 0.3 is 6.03 Å². The van der Waals surface area contributed by atoms with Crippen LogP contribution in [0.4, 0.5) is 14.9 Å². The van der Waals surface area contributed by atoms with Crippen LogP contribution in [0, 0.1) is 5.92 Å². The number of carbonyl (C=O) groups is 1. The lowest BCUT2D eigenvalue weighted by molar-refractivity contribution is 0.0147. The zero-order chi connectivity index (χ0) is 18.4. The van der Waals surface area contributed by atoms with Crippen LogP contribution in [0.2, 0.25) is 0 Å². The maximum absolute atomic E-state index is 13.5. The van der Waals surface area contributed by atoms with Crippen molar-refractivity contribution >= 4 is 11.7 Å². The fourth-order valence-electron chi connectivity index (χ4n) is 4.39. The molecule has 1 aliphatic carbocycles. The van der Waals surface area contributed by atoms with Crippen molar-refractivity contribution in [3.05, 3.63) is 42.3 Å². The molecular weight excluding hydrogens is 349 g/mol. The lowest BCUT2D eigenvalue weighted by atomic mass is 9.84. The van der Waals surface area contributed by atoms with Gasteiger partial charge in [0.15, 0.2) is 11.5 Å². The van der Waals surface area contributed by atoms with E-state index in [9.17, 15) is 9.18 Å². The molecule has 3 heterocycles. The third-order valence-electron chi connectivity index (χ3n) is 5.84. The van der Waals surface area contributed by atoms with Crippen LogP contribution in [0.1, 0.15) is 12.8 Å². The number of rotatable bonds is 2. The molecule has 2 unspecified atom stereocenters. The number of halogens is 1. The number of carbonyl (C=O) groups excluding carboxylic acids is 1. The number of nitrogens with zero attached hydrogens (tertiary/aromatic N) is 2. The Morgan fingerprint density at radius 3 is 2.96 bits per heavy atom. The number of allylic oxidation sites excluding steroid dienone is 2. The van der Waals surface area contributed by atoms with Crippen LogP contribution in [-0.2, 0) is 0 Å². The van der Waals surface area contributed by atoms with E-state index in [2.05, 4.69) is 10.2 Å². The number of hydrogen-bond acceptors (Lipinski definition) is 4. The van der Waals surface area contributed by atoms with Gasteiger partial charge in [-0.1, -0.05) is 6.08 Å². The Morgan fingerprint density at radius 1 is 1.22 bits per heavy atom. The van der Waals surface area contributed by atoms with Crippen molar-refractivity contribution in [1.29, 1.82) is 0 Å². The Labute approximate surface area is 157 Å². The van der Waals surface area contributed by atoms with Gasteiger partial charge in [-0.25, -0.2) is 9.18 Å². The van der Waals surface area contributed by atoms with Gasteiger partial charge in [0.1, 0.15) is 5.83 Å². The van der Waals surface area contributed by atoms with Crippen molar-refractivity contribution in [2.24, 2.45) is 5.92 Å². The summed E-state index contributed by atoms with van der Waals surface area (Å²) in [7, 11) is 0. The van der Waals surface area contributed by atoms with Gasteiger partial charge in [-0.3, -0.25) is 4.90 Å². The van der Waals surface area contributed by atoms with Crippen molar-refractivity contribution in [2.75, 3.05) is 31.7 Å². The third-order valence-corrected chi connectivity index (χ3v) is 5.84. The fraction of sp³-hybridized carbons (Fsp3) is 0.450. The lowest BCUT2D eigenvalue weighted by Gasteiger charge is -2.51. The quantitative estimate of drug-likeness (QED) is 0.868. The zero-order valence-electron chi connectivity index (χ0n) is 14.9. The van der Waals surface area contributed by atoms with E-state index in [-0.39, 0.29) is 30.6 Å². The van der Waals surface area contributed by atoms with Gasteiger partial charge in [0, 0.05) is 36.9 Å². The molecule has 0 radical (unpaired) electrons. The van der Waals surface area contributed by atoms with Gasteiger partial charge in [0.25, 0.3) is 0 Å². The molecule has 27 heavy (non-hydrogen) atoms. The molecule has 2 fully saturated rings. The number of urea groups is 1. The van der Waals surface area contributed by atoms with Crippen LogP contribution < -0.4 is 14.8 Å². The van der Waals surface area contributed by atoms with E-state index in [0.29, 0.717) is 36.3 Å². The highest BCUT2D eigenvalue weighted by Gasteiger charge is 2.41. The minimum absolute atomic E-state index is 0.108. The van der Waals surface area contributed by atoms with Crippen LogP contribution >= 0.6 is 0 Å². The first kappa shape index (κ1) is 16.6. The Bertz CT molecular complexity index is 819. The van der Waals surface area contributed by atoms with Gasteiger partial charge < -0.3 is 19.7 Å². The monoisotopic (exact) mass is 371 g/mol. The smallest absolute Gasteiger partial charge is 0.321 e. The number of amides is 2. The second-order valence-electron chi connectivity index (χ2n) is 7.50. The van der Waals surface area contributed by atoms with Crippen molar-refractivity contribution < 1.29 is 18.7 Å². The molecule has 5 rings (SSSR count). The van der Waals surface area contributed by atoms with E-state index in [4.69, 9.17) is 9.47 Å². The fourth-order valence-corrected chi connectivity index (χ4v) is 4.39. The molecule has 6 nitrogen and oxygen atoms in total. The van der Waals surface area contributed by atoms with Crippen LogP contribution in [0.25, 0.3) is 0 Å². The molecular formula is C20H22FN3O3. The number of nitrogens with one attached hydrogen (secondary N) is 1. The molecule has 0 bridgehead atoms. The molecule has 1 aromatic rings. The topological polar surface area (TPSA) is 54.0 Å². The number of anilines is 1. The number of ether oxygens (including phenoxy) is 2. The molecule has 2 atom stereocenters. The summed E-state index contributed by atoms with van der Waals surface area (Å²) in [4.78, 5) is 16.7. The van der Waals surface area contributed by atoms with Gasteiger partial charge in [-0.05, 0) is 49.6 Å². The number of hydrogen-bond donors (Lipinski definition) is 1. The Morgan fingerprint density at radius 2 is 2.07 bits per heavy atom. The van der Waals surface area contributed by atoms with Gasteiger partial charge in [0.2, 0.25) is 6.79 Å². The largest absolute Gasteiger partial charge is 0.454 e. The van der Waals surface area contributed by atoms with Crippen LogP contribution in [0.15, 0.2) is 42.3 Å². The van der Waals surface area contributed by atoms with E-state index in [0.717, 1.165) is 19.4 Å². The maximum Gasteiger partial charge on any atom is 0.321 e. The minimum Gasteiger partial charge on any atom is -0.454 e. The average Bonchev–Trinajstić information content (AvgIpc) is 3.08. The Balaban J connectivity index is 1.18. The average molecular weight is 371 g/mol.